The van der Waals surface area contributed by atoms with Gasteiger partial charge in [0.25, 0.3) is 5.91 Å². The number of anilines is 1. The van der Waals surface area contributed by atoms with Gasteiger partial charge in [-0.25, -0.2) is 0 Å². The number of carbonyl (C=O) groups excluding carboxylic acids is 1. The first kappa shape index (κ1) is 12.3. The van der Waals surface area contributed by atoms with Crippen molar-refractivity contribution in [3.05, 3.63) is 5.01 Å². The van der Waals surface area contributed by atoms with Gasteiger partial charge in [0.2, 0.25) is 10.1 Å². The van der Waals surface area contributed by atoms with E-state index in [0.29, 0.717) is 10.9 Å². The smallest absolute Gasteiger partial charge is 0.282 e. The molecule has 0 radical (unpaired) electrons. The van der Waals surface area contributed by atoms with Crippen LogP contribution in [0.1, 0.15) is 36.5 Å². The van der Waals surface area contributed by atoms with Gasteiger partial charge in [0, 0.05) is 13.1 Å². The third kappa shape index (κ3) is 3.39. The molecule has 17 heavy (non-hydrogen) atoms. The highest BCUT2D eigenvalue weighted by molar-refractivity contribution is 7.17. The summed E-state index contributed by atoms with van der Waals surface area (Å²) in [6.45, 7) is 5.90. The molecule has 1 aliphatic carbocycles. The second-order valence-electron chi connectivity index (χ2n) is 4.52. The second-order valence-corrected chi connectivity index (χ2v) is 5.50. The van der Waals surface area contributed by atoms with Crippen LogP contribution in [-0.2, 0) is 0 Å². The predicted octanol–water partition coefficient (Wildman–Crippen LogP) is 1.75. The van der Waals surface area contributed by atoms with Gasteiger partial charge in [-0.1, -0.05) is 25.2 Å². The van der Waals surface area contributed by atoms with E-state index in [1.165, 1.54) is 17.8 Å². The Morgan fingerprint density at radius 2 is 2.29 bits per heavy atom. The molecule has 2 atom stereocenters. The van der Waals surface area contributed by atoms with Crippen LogP contribution >= 0.6 is 11.3 Å². The number of amides is 1. The van der Waals surface area contributed by atoms with E-state index in [1.54, 1.807) is 0 Å². The molecule has 6 heteroatoms. The predicted molar refractivity (Wildman–Crippen MR) is 68.3 cm³/mol. The molecule has 1 aromatic heterocycles. The average molecular weight is 254 g/mol. The maximum absolute atomic E-state index is 11.7. The molecule has 2 N–H and O–H groups in total. The first-order valence-electron chi connectivity index (χ1n) is 6.06. The largest absolute Gasteiger partial charge is 0.360 e. The second kappa shape index (κ2) is 5.44. The summed E-state index contributed by atoms with van der Waals surface area (Å²) in [5.41, 5.74) is 0. The number of carbonyl (C=O) groups is 1. The molecule has 1 aliphatic rings. The van der Waals surface area contributed by atoms with Crippen LogP contribution in [0.5, 0.6) is 0 Å². The number of hydrogen-bond acceptors (Lipinski definition) is 5. The van der Waals surface area contributed by atoms with Gasteiger partial charge in [-0.3, -0.25) is 4.79 Å². The van der Waals surface area contributed by atoms with E-state index >= 15 is 0 Å². The Balaban J connectivity index is 1.79. The molecule has 0 bridgehead atoms. The van der Waals surface area contributed by atoms with Gasteiger partial charge in [-0.15, -0.1) is 10.2 Å². The van der Waals surface area contributed by atoms with Crippen molar-refractivity contribution in [1.82, 2.24) is 15.5 Å². The molecule has 1 fully saturated rings. The third-order valence-electron chi connectivity index (χ3n) is 2.95. The molecule has 0 saturated heterocycles. The topological polar surface area (TPSA) is 66.9 Å². The molecule has 1 aromatic rings. The molecule has 1 heterocycles. The molecule has 1 amide bonds. The number of nitrogens with zero attached hydrogens (tertiary/aromatic N) is 2. The number of rotatable bonds is 6. The Labute approximate surface area is 105 Å². The zero-order chi connectivity index (χ0) is 12.3. The zero-order valence-electron chi connectivity index (χ0n) is 10.2. The Morgan fingerprint density at radius 1 is 1.53 bits per heavy atom. The minimum absolute atomic E-state index is 0.105. The lowest BCUT2D eigenvalue weighted by atomic mass is 10.3. The fourth-order valence-electron chi connectivity index (χ4n) is 1.60. The molecule has 0 aromatic carbocycles. The fraction of sp³-hybridized carbons (Fsp3) is 0.727. The summed E-state index contributed by atoms with van der Waals surface area (Å²) in [6.07, 6.45) is 2.25. The minimum atomic E-state index is -0.105. The molecule has 2 rings (SSSR count). The molecular weight excluding hydrogens is 236 g/mol. The Kier molecular flexibility index (Phi) is 3.93. The third-order valence-corrected chi connectivity index (χ3v) is 3.83. The van der Waals surface area contributed by atoms with Gasteiger partial charge in [0.05, 0.1) is 0 Å². The molecule has 0 spiro atoms. The van der Waals surface area contributed by atoms with E-state index in [-0.39, 0.29) is 5.91 Å². The summed E-state index contributed by atoms with van der Waals surface area (Å²) < 4.78 is 0. The van der Waals surface area contributed by atoms with E-state index in [0.717, 1.165) is 30.6 Å². The lowest BCUT2D eigenvalue weighted by Gasteiger charge is -2.00. The normalized spacial score (nSPS) is 22.2. The van der Waals surface area contributed by atoms with E-state index in [9.17, 15) is 4.79 Å². The minimum Gasteiger partial charge on any atom is -0.360 e. The Morgan fingerprint density at radius 3 is 2.94 bits per heavy atom. The molecule has 0 aliphatic heterocycles. The summed E-state index contributed by atoms with van der Waals surface area (Å²) in [6, 6.07) is 0. The highest BCUT2D eigenvalue weighted by Crippen LogP contribution is 2.36. The monoisotopic (exact) mass is 254 g/mol. The van der Waals surface area contributed by atoms with Crippen LogP contribution in [0.2, 0.25) is 0 Å². The van der Waals surface area contributed by atoms with Crippen molar-refractivity contribution in [2.45, 2.75) is 26.7 Å². The lowest BCUT2D eigenvalue weighted by Crippen LogP contribution is -2.25. The highest BCUT2D eigenvalue weighted by atomic mass is 32.1. The van der Waals surface area contributed by atoms with Gasteiger partial charge in [0.15, 0.2) is 0 Å². The lowest BCUT2D eigenvalue weighted by molar-refractivity contribution is 0.0950. The van der Waals surface area contributed by atoms with Crippen molar-refractivity contribution < 1.29 is 4.79 Å². The van der Waals surface area contributed by atoms with Crippen molar-refractivity contribution >= 4 is 22.4 Å². The molecule has 2 unspecified atom stereocenters. The van der Waals surface area contributed by atoms with E-state index in [2.05, 4.69) is 34.7 Å². The zero-order valence-corrected chi connectivity index (χ0v) is 11.0. The van der Waals surface area contributed by atoms with Crippen LogP contribution in [0.3, 0.4) is 0 Å². The van der Waals surface area contributed by atoms with Crippen LogP contribution in [-0.4, -0.2) is 29.2 Å². The summed E-state index contributed by atoms with van der Waals surface area (Å²) >= 11 is 1.31. The maximum Gasteiger partial charge on any atom is 0.282 e. The first-order valence-corrected chi connectivity index (χ1v) is 6.88. The van der Waals surface area contributed by atoms with Crippen molar-refractivity contribution in [3.8, 4) is 0 Å². The van der Waals surface area contributed by atoms with Gasteiger partial charge in [-0.2, -0.15) is 0 Å². The van der Waals surface area contributed by atoms with Crippen LogP contribution < -0.4 is 10.6 Å². The Bertz CT molecular complexity index is 393. The molecule has 1 saturated carbocycles. The van der Waals surface area contributed by atoms with Gasteiger partial charge in [0.1, 0.15) is 0 Å². The fourth-order valence-corrected chi connectivity index (χ4v) is 2.29. The van der Waals surface area contributed by atoms with Gasteiger partial charge < -0.3 is 10.6 Å². The van der Waals surface area contributed by atoms with Crippen molar-refractivity contribution in [1.29, 1.82) is 0 Å². The van der Waals surface area contributed by atoms with Gasteiger partial charge in [-0.05, 0) is 24.7 Å². The number of aromatic nitrogens is 2. The van der Waals surface area contributed by atoms with E-state index < -0.39 is 0 Å². The summed E-state index contributed by atoms with van der Waals surface area (Å²) in [7, 11) is 0. The first-order chi connectivity index (χ1) is 8.20. The average Bonchev–Trinajstić information content (AvgIpc) is 2.84. The number of hydrogen-bond donors (Lipinski definition) is 2. The van der Waals surface area contributed by atoms with Crippen LogP contribution in [0.4, 0.5) is 5.13 Å². The summed E-state index contributed by atoms with van der Waals surface area (Å²) in [4.78, 5) is 11.7. The molecular formula is C11H18N4OS. The summed E-state index contributed by atoms with van der Waals surface area (Å²) in [5, 5.41) is 15.0. The Hall–Kier alpha value is -1.17. The maximum atomic E-state index is 11.7. The summed E-state index contributed by atoms with van der Waals surface area (Å²) in [5.74, 6) is 1.31. The standard InChI is InChI=1S/C11H18N4OS/c1-3-4-12-11-15-14-10(17-11)9(16)13-6-8-5-7(8)2/h7-8H,3-6H2,1-2H3,(H,12,15)(H,13,16). The van der Waals surface area contributed by atoms with Crippen molar-refractivity contribution in [3.63, 3.8) is 0 Å². The van der Waals surface area contributed by atoms with Crippen LogP contribution in [0, 0.1) is 11.8 Å². The quantitative estimate of drug-likeness (QED) is 0.811. The van der Waals surface area contributed by atoms with Gasteiger partial charge >= 0.3 is 0 Å². The van der Waals surface area contributed by atoms with Crippen molar-refractivity contribution in [2.75, 3.05) is 18.4 Å². The van der Waals surface area contributed by atoms with E-state index in [4.69, 9.17) is 0 Å². The molecule has 94 valence electrons. The van der Waals surface area contributed by atoms with Crippen LogP contribution in [0.25, 0.3) is 0 Å². The number of nitrogens with one attached hydrogen (secondary N) is 2. The highest BCUT2D eigenvalue weighted by Gasteiger charge is 2.32. The molecule has 5 nitrogen and oxygen atoms in total. The van der Waals surface area contributed by atoms with E-state index in [1.807, 2.05) is 0 Å². The SMILES string of the molecule is CCCNc1nnc(C(=O)NCC2CC2C)s1. The van der Waals surface area contributed by atoms with Crippen molar-refractivity contribution in [2.24, 2.45) is 11.8 Å². The van der Waals surface area contributed by atoms with Crippen LogP contribution in [0.15, 0.2) is 0 Å².